The van der Waals surface area contributed by atoms with Crippen LogP contribution in [0, 0.1) is 6.92 Å². The molecule has 2 aromatic heterocycles. The molecule has 0 saturated carbocycles. The van der Waals surface area contributed by atoms with Gasteiger partial charge in [-0.2, -0.15) is 0 Å². The second-order valence-electron chi connectivity index (χ2n) is 6.31. The van der Waals surface area contributed by atoms with Gasteiger partial charge in [0.15, 0.2) is 4.34 Å². The molecule has 0 atom stereocenters. The molecule has 4 rings (SSSR count). The maximum Gasteiger partial charge on any atom is 0.336 e. The molecule has 2 heterocycles. The number of fused-ring (bicyclic) bond motifs is 1. The van der Waals surface area contributed by atoms with Gasteiger partial charge in [-0.3, -0.25) is 0 Å². The van der Waals surface area contributed by atoms with E-state index in [0.29, 0.717) is 23.1 Å². The van der Waals surface area contributed by atoms with Crippen LogP contribution in [0.2, 0.25) is 0 Å². The SMILES string of the molecule is CCOc1ccccc1Nc1nnc(SCc2cc(=O)oc3cc(C)ccc23)s1. The first kappa shape index (κ1) is 19.5. The number of rotatable bonds is 7. The summed E-state index contributed by atoms with van der Waals surface area (Å²) in [4.78, 5) is 11.9. The molecule has 29 heavy (non-hydrogen) atoms. The van der Waals surface area contributed by atoms with Crippen molar-refractivity contribution in [3.05, 3.63) is 70.1 Å². The highest BCUT2D eigenvalue weighted by molar-refractivity contribution is 8.00. The second-order valence-corrected chi connectivity index (χ2v) is 8.51. The van der Waals surface area contributed by atoms with Crippen LogP contribution in [0.3, 0.4) is 0 Å². The Kier molecular flexibility index (Phi) is 5.82. The number of thioether (sulfide) groups is 1. The molecule has 2 aromatic carbocycles. The van der Waals surface area contributed by atoms with Crippen molar-refractivity contribution in [2.24, 2.45) is 0 Å². The molecular weight excluding hydrogens is 406 g/mol. The summed E-state index contributed by atoms with van der Waals surface area (Å²) in [6, 6.07) is 15.2. The van der Waals surface area contributed by atoms with E-state index in [1.54, 1.807) is 17.8 Å². The van der Waals surface area contributed by atoms with Crippen LogP contribution in [0.15, 0.2) is 62.1 Å². The minimum Gasteiger partial charge on any atom is -0.492 e. The lowest BCUT2D eigenvalue weighted by Crippen LogP contribution is -2.00. The number of nitrogens with zero attached hydrogens (tertiary/aromatic N) is 2. The summed E-state index contributed by atoms with van der Waals surface area (Å²) in [5.74, 6) is 1.38. The molecule has 8 heteroatoms. The molecule has 0 saturated heterocycles. The van der Waals surface area contributed by atoms with Gasteiger partial charge in [-0.15, -0.1) is 10.2 Å². The largest absolute Gasteiger partial charge is 0.492 e. The number of benzene rings is 2. The third-order valence-corrected chi connectivity index (χ3v) is 6.19. The van der Waals surface area contributed by atoms with E-state index < -0.39 is 0 Å². The lowest BCUT2D eigenvalue weighted by molar-refractivity contribution is 0.342. The smallest absolute Gasteiger partial charge is 0.336 e. The number of hydrogen-bond donors (Lipinski definition) is 1. The van der Waals surface area contributed by atoms with E-state index in [9.17, 15) is 4.79 Å². The van der Waals surface area contributed by atoms with Gasteiger partial charge in [-0.25, -0.2) is 4.79 Å². The van der Waals surface area contributed by atoms with E-state index in [0.717, 1.165) is 32.3 Å². The number of para-hydroxylation sites is 2. The number of anilines is 2. The van der Waals surface area contributed by atoms with Crippen molar-refractivity contribution in [2.45, 2.75) is 23.9 Å². The van der Waals surface area contributed by atoms with Crippen molar-refractivity contribution in [3.63, 3.8) is 0 Å². The van der Waals surface area contributed by atoms with Gasteiger partial charge in [0.2, 0.25) is 5.13 Å². The third kappa shape index (κ3) is 4.60. The topological polar surface area (TPSA) is 77.2 Å². The zero-order valence-electron chi connectivity index (χ0n) is 16.0. The Balaban J connectivity index is 1.49. The van der Waals surface area contributed by atoms with E-state index in [2.05, 4.69) is 15.5 Å². The lowest BCUT2D eigenvalue weighted by Gasteiger charge is -2.09. The predicted octanol–water partition coefficient (Wildman–Crippen LogP) is 5.39. The highest BCUT2D eigenvalue weighted by atomic mass is 32.2. The van der Waals surface area contributed by atoms with E-state index in [1.807, 2.05) is 56.3 Å². The average molecular weight is 426 g/mol. The first-order valence-electron chi connectivity index (χ1n) is 9.11. The van der Waals surface area contributed by atoms with Crippen LogP contribution in [-0.4, -0.2) is 16.8 Å². The Morgan fingerprint density at radius 2 is 2.03 bits per heavy atom. The molecule has 1 N–H and O–H groups in total. The number of aryl methyl sites for hydroxylation is 1. The summed E-state index contributed by atoms with van der Waals surface area (Å²) >= 11 is 3.00. The van der Waals surface area contributed by atoms with Crippen LogP contribution in [-0.2, 0) is 5.75 Å². The van der Waals surface area contributed by atoms with E-state index in [1.165, 1.54) is 11.3 Å². The summed E-state index contributed by atoms with van der Waals surface area (Å²) in [6.45, 7) is 4.51. The van der Waals surface area contributed by atoms with Crippen molar-refractivity contribution in [2.75, 3.05) is 11.9 Å². The molecule has 0 amide bonds. The quantitative estimate of drug-likeness (QED) is 0.314. The molecule has 4 aromatic rings. The van der Waals surface area contributed by atoms with Gasteiger partial charge in [0.1, 0.15) is 11.3 Å². The standard InChI is InChI=1S/C21H19N3O3S2/c1-3-26-17-7-5-4-6-16(17)22-20-23-24-21(29-20)28-12-14-11-19(25)27-18-10-13(2)8-9-15(14)18/h4-11H,3,12H2,1-2H3,(H,22,23). The molecule has 0 bridgehead atoms. The van der Waals surface area contributed by atoms with Crippen LogP contribution >= 0.6 is 23.1 Å². The fourth-order valence-corrected chi connectivity index (χ4v) is 4.64. The molecule has 0 spiro atoms. The fourth-order valence-electron chi connectivity index (χ4n) is 2.88. The predicted molar refractivity (Wildman–Crippen MR) is 118 cm³/mol. The van der Waals surface area contributed by atoms with E-state index in [4.69, 9.17) is 9.15 Å². The van der Waals surface area contributed by atoms with Gasteiger partial charge in [0, 0.05) is 17.2 Å². The third-order valence-electron chi connectivity index (χ3n) is 4.17. The molecule has 0 aliphatic rings. The van der Waals surface area contributed by atoms with Crippen molar-refractivity contribution in [1.29, 1.82) is 0 Å². The van der Waals surface area contributed by atoms with Crippen LogP contribution in [0.5, 0.6) is 5.75 Å². The molecule has 0 fully saturated rings. The number of aromatic nitrogens is 2. The maximum atomic E-state index is 11.9. The molecule has 0 aliphatic heterocycles. The van der Waals surface area contributed by atoms with Gasteiger partial charge >= 0.3 is 5.63 Å². The number of nitrogens with one attached hydrogen (secondary N) is 1. The van der Waals surface area contributed by atoms with Crippen LogP contribution in [0.4, 0.5) is 10.8 Å². The molecule has 148 valence electrons. The maximum absolute atomic E-state index is 11.9. The Morgan fingerprint density at radius 1 is 1.17 bits per heavy atom. The first-order chi connectivity index (χ1) is 14.1. The highest BCUT2D eigenvalue weighted by Crippen LogP contribution is 2.33. The summed E-state index contributed by atoms with van der Waals surface area (Å²) in [6.07, 6.45) is 0. The van der Waals surface area contributed by atoms with E-state index in [-0.39, 0.29) is 5.63 Å². The van der Waals surface area contributed by atoms with Gasteiger partial charge in [0.25, 0.3) is 0 Å². The number of hydrogen-bond acceptors (Lipinski definition) is 8. The van der Waals surface area contributed by atoms with Crippen LogP contribution in [0.25, 0.3) is 11.0 Å². The van der Waals surface area contributed by atoms with Gasteiger partial charge in [-0.05, 0) is 43.2 Å². The summed E-state index contributed by atoms with van der Waals surface area (Å²) in [5, 5.41) is 13.4. The van der Waals surface area contributed by atoms with E-state index >= 15 is 0 Å². The summed E-state index contributed by atoms with van der Waals surface area (Å²) < 4.78 is 11.8. The Hall–Kier alpha value is -2.84. The van der Waals surface area contributed by atoms with Crippen molar-refractivity contribution < 1.29 is 9.15 Å². The van der Waals surface area contributed by atoms with Crippen LogP contribution in [0.1, 0.15) is 18.1 Å². The molecular formula is C21H19N3O3S2. The minimum absolute atomic E-state index is 0.342. The van der Waals surface area contributed by atoms with Crippen molar-refractivity contribution in [1.82, 2.24) is 10.2 Å². The normalized spacial score (nSPS) is 11.0. The van der Waals surface area contributed by atoms with Gasteiger partial charge in [-0.1, -0.05) is 47.4 Å². The summed E-state index contributed by atoms with van der Waals surface area (Å²) in [5.41, 5.74) is 3.10. The monoisotopic (exact) mass is 425 g/mol. The Bertz CT molecular complexity index is 1200. The molecule has 6 nitrogen and oxygen atoms in total. The van der Waals surface area contributed by atoms with Crippen molar-refractivity contribution in [3.8, 4) is 5.75 Å². The number of ether oxygens (including phenoxy) is 1. The fraction of sp³-hybridized carbons (Fsp3) is 0.190. The lowest BCUT2D eigenvalue weighted by atomic mass is 10.1. The second kappa shape index (κ2) is 8.67. The Morgan fingerprint density at radius 3 is 2.90 bits per heavy atom. The van der Waals surface area contributed by atoms with Crippen LogP contribution < -0.4 is 15.7 Å². The zero-order valence-corrected chi connectivity index (χ0v) is 17.6. The molecule has 0 radical (unpaired) electrons. The molecule has 0 unspecified atom stereocenters. The first-order valence-corrected chi connectivity index (χ1v) is 10.9. The van der Waals surface area contributed by atoms with Crippen molar-refractivity contribution >= 4 is 44.9 Å². The Labute approximate surface area is 175 Å². The highest BCUT2D eigenvalue weighted by Gasteiger charge is 2.11. The average Bonchev–Trinajstić information content (AvgIpc) is 3.15. The minimum atomic E-state index is -0.342. The molecule has 0 aliphatic carbocycles. The zero-order chi connectivity index (χ0) is 20.2. The van der Waals surface area contributed by atoms with Gasteiger partial charge < -0.3 is 14.5 Å². The van der Waals surface area contributed by atoms with Gasteiger partial charge in [0.05, 0.1) is 12.3 Å². The summed E-state index contributed by atoms with van der Waals surface area (Å²) in [7, 11) is 0.